The summed E-state index contributed by atoms with van der Waals surface area (Å²) in [5.41, 5.74) is 0. The SMILES string of the molecule is O=S(=O)([O-])C(F)(F)C(Oc1cc(I)c(O)c(I)c1)C(F)(F)F. The lowest BCUT2D eigenvalue weighted by molar-refractivity contribution is -0.239. The van der Waals surface area contributed by atoms with E-state index in [1.165, 1.54) is 45.2 Å². The zero-order chi connectivity index (χ0) is 17.5. The topological polar surface area (TPSA) is 86.7 Å². The van der Waals surface area contributed by atoms with Crippen molar-refractivity contribution in [1.29, 1.82) is 0 Å². The molecule has 0 spiro atoms. The van der Waals surface area contributed by atoms with E-state index in [4.69, 9.17) is 0 Å². The molecule has 5 nitrogen and oxygen atoms in total. The van der Waals surface area contributed by atoms with Crippen molar-refractivity contribution < 1.29 is 44.8 Å². The van der Waals surface area contributed by atoms with Crippen LogP contribution in [0.3, 0.4) is 0 Å². The van der Waals surface area contributed by atoms with Gasteiger partial charge in [-0.15, -0.1) is 0 Å². The summed E-state index contributed by atoms with van der Waals surface area (Å²) in [5.74, 6) is -1.10. The van der Waals surface area contributed by atoms with Crippen molar-refractivity contribution in [2.45, 2.75) is 17.5 Å². The van der Waals surface area contributed by atoms with Crippen LogP contribution in [0, 0.1) is 7.14 Å². The highest BCUT2D eigenvalue weighted by molar-refractivity contribution is 14.1. The largest absolute Gasteiger partial charge is 0.743 e. The molecule has 1 N–H and O–H groups in total. The van der Waals surface area contributed by atoms with Gasteiger partial charge in [0.1, 0.15) is 11.5 Å². The van der Waals surface area contributed by atoms with Crippen molar-refractivity contribution in [3.05, 3.63) is 19.3 Å². The molecular weight excluding hydrogens is 569 g/mol. The van der Waals surface area contributed by atoms with E-state index in [0.717, 1.165) is 12.1 Å². The molecule has 1 aromatic carbocycles. The highest BCUT2D eigenvalue weighted by Gasteiger charge is 2.62. The van der Waals surface area contributed by atoms with Gasteiger partial charge < -0.3 is 14.4 Å². The molecule has 13 heteroatoms. The van der Waals surface area contributed by atoms with E-state index >= 15 is 0 Å². The average molecular weight is 573 g/mol. The van der Waals surface area contributed by atoms with E-state index in [1.54, 1.807) is 0 Å². The number of hydrogen-bond donors (Lipinski definition) is 1. The van der Waals surface area contributed by atoms with Crippen LogP contribution in [0.25, 0.3) is 0 Å². The molecule has 0 radical (unpaired) electrons. The van der Waals surface area contributed by atoms with Crippen molar-refractivity contribution in [2.24, 2.45) is 0 Å². The second-order valence-electron chi connectivity index (χ2n) is 3.79. The predicted molar refractivity (Wildman–Crippen MR) is 78.7 cm³/mol. The number of benzene rings is 1. The lowest BCUT2D eigenvalue weighted by Gasteiger charge is -2.30. The van der Waals surface area contributed by atoms with Gasteiger partial charge in [0, 0.05) is 0 Å². The average Bonchev–Trinajstić information content (AvgIpc) is 2.29. The van der Waals surface area contributed by atoms with Crippen LogP contribution in [0.1, 0.15) is 0 Å². The Morgan fingerprint density at radius 2 is 1.55 bits per heavy atom. The summed E-state index contributed by atoms with van der Waals surface area (Å²) < 4.78 is 99.6. The van der Waals surface area contributed by atoms with Gasteiger partial charge in [-0.25, -0.2) is 8.42 Å². The van der Waals surface area contributed by atoms with Crippen LogP contribution < -0.4 is 4.74 Å². The quantitative estimate of drug-likeness (QED) is 0.341. The van der Waals surface area contributed by atoms with E-state index in [-0.39, 0.29) is 12.9 Å². The minimum atomic E-state index is -6.61. The summed E-state index contributed by atoms with van der Waals surface area (Å²) in [6.07, 6.45) is -10.0. The normalized spacial score (nSPS) is 14.7. The van der Waals surface area contributed by atoms with Crippen LogP contribution in [0.15, 0.2) is 12.1 Å². The van der Waals surface area contributed by atoms with Crippen LogP contribution in [-0.4, -0.2) is 35.6 Å². The van der Waals surface area contributed by atoms with Crippen molar-refractivity contribution in [3.8, 4) is 11.5 Å². The minimum Gasteiger partial charge on any atom is -0.743 e. The lowest BCUT2D eigenvalue weighted by atomic mass is 10.3. The summed E-state index contributed by atoms with van der Waals surface area (Å²) in [5, 5.41) is 3.70. The zero-order valence-electron chi connectivity index (χ0n) is 9.87. The molecular formula is C9H4F5I2O5S-. The van der Waals surface area contributed by atoms with Crippen LogP contribution in [0.5, 0.6) is 11.5 Å². The van der Waals surface area contributed by atoms with Gasteiger partial charge in [0.15, 0.2) is 10.1 Å². The van der Waals surface area contributed by atoms with Gasteiger partial charge in [-0.1, -0.05) is 0 Å². The van der Waals surface area contributed by atoms with E-state index in [9.17, 15) is 40.0 Å². The number of alkyl halides is 5. The fourth-order valence-electron chi connectivity index (χ4n) is 1.20. The summed E-state index contributed by atoms with van der Waals surface area (Å²) in [7, 11) is -6.61. The van der Waals surface area contributed by atoms with Gasteiger partial charge in [0.2, 0.25) is 0 Å². The van der Waals surface area contributed by atoms with Crippen LogP contribution in [-0.2, 0) is 10.1 Å². The van der Waals surface area contributed by atoms with Crippen molar-refractivity contribution in [3.63, 3.8) is 0 Å². The third-order valence-electron chi connectivity index (χ3n) is 2.18. The van der Waals surface area contributed by atoms with Crippen LogP contribution in [0.4, 0.5) is 22.0 Å². The summed E-state index contributed by atoms with van der Waals surface area (Å²) >= 11 is 2.99. The first-order valence-electron chi connectivity index (χ1n) is 4.92. The van der Waals surface area contributed by atoms with E-state index in [0.29, 0.717) is 0 Å². The molecule has 0 saturated heterocycles. The molecule has 0 aliphatic carbocycles. The Morgan fingerprint density at radius 3 is 1.86 bits per heavy atom. The van der Waals surface area contributed by atoms with Crippen LogP contribution >= 0.6 is 45.2 Å². The van der Waals surface area contributed by atoms with Crippen molar-refractivity contribution >= 4 is 55.3 Å². The third kappa shape index (κ3) is 4.22. The van der Waals surface area contributed by atoms with E-state index in [1.807, 2.05) is 0 Å². The minimum absolute atomic E-state index is 0.0197. The first kappa shape index (κ1) is 19.9. The first-order valence-corrected chi connectivity index (χ1v) is 8.49. The molecule has 0 saturated carbocycles. The Hall–Kier alpha value is -0.160. The van der Waals surface area contributed by atoms with Crippen LogP contribution in [0.2, 0.25) is 0 Å². The van der Waals surface area contributed by atoms with Gasteiger partial charge in [-0.05, 0) is 57.3 Å². The highest BCUT2D eigenvalue weighted by Crippen LogP contribution is 2.40. The molecule has 0 heterocycles. The number of halogens is 7. The van der Waals surface area contributed by atoms with Crippen molar-refractivity contribution in [2.75, 3.05) is 0 Å². The molecule has 0 bridgehead atoms. The lowest BCUT2D eigenvalue weighted by Crippen LogP contribution is -2.53. The standard InChI is InChI=1S/C9H5F5I2O5S/c10-8(11,12)7(9(13,14)22(18,19)20)21-3-1-4(15)6(17)5(16)2-3/h1-2,7,17H,(H,18,19,20)/p-1. The maximum absolute atomic E-state index is 13.3. The summed E-state index contributed by atoms with van der Waals surface area (Å²) in [6.45, 7) is 0. The monoisotopic (exact) mass is 573 g/mol. The number of aromatic hydroxyl groups is 1. The molecule has 1 atom stereocenters. The number of hydrogen-bond acceptors (Lipinski definition) is 5. The van der Waals surface area contributed by atoms with Gasteiger partial charge in [0.05, 0.1) is 7.14 Å². The summed E-state index contributed by atoms with van der Waals surface area (Å²) in [4.78, 5) is 0. The van der Waals surface area contributed by atoms with E-state index < -0.39 is 33.4 Å². The molecule has 0 aliphatic rings. The Bertz CT molecular complexity index is 652. The Morgan fingerprint density at radius 1 is 1.14 bits per heavy atom. The third-order valence-corrected chi connectivity index (χ3v) is 4.71. The smallest absolute Gasteiger partial charge is 0.432 e. The Balaban J connectivity index is 3.34. The maximum atomic E-state index is 13.3. The summed E-state index contributed by atoms with van der Waals surface area (Å²) in [6, 6.07) is 1.56. The Kier molecular flexibility index (Phi) is 5.77. The number of phenolic OH excluding ortho intramolecular Hbond substituents is 1. The molecule has 1 unspecified atom stereocenters. The molecule has 126 valence electrons. The van der Waals surface area contributed by atoms with Gasteiger partial charge in [-0.3, -0.25) is 0 Å². The molecule has 1 rings (SSSR count). The fourth-order valence-corrected chi connectivity index (χ4v) is 3.36. The zero-order valence-corrected chi connectivity index (χ0v) is 15.0. The Labute approximate surface area is 147 Å². The number of phenols is 1. The van der Waals surface area contributed by atoms with Gasteiger partial charge >= 0.3 is 11.4 Å². The highest BCUT2D eigenvalue weighted by atomic mass is 127. The fraction of sp³-hybridized carbons (Fsp3) is 0.333. The second kappa shape index (κ2) is 6.39. The molecule has 22 heavy (non-hydrogen) atoms. The number of ether oxygens (including phenoxy) is 1. The number of rotatable bonds is 4. The predicted octanol–water partition coefficient (Wildman–Crippen LogP) is 3.05. The first-order chi connectivity index (χ1) is 9.68. The van der Waals surface area contributed by atoms with Gasteiger partial charge in [-0.2, -0.15) is 22.0 Å². The molecule has 1 aromatic rings. The molecule has 0 amide bonds. The molecule has 0 aliphatic heterocycles. The molecule has 0 aromatic heterocycles. The maximum Gasteiger partial charge on any atom is 0.432 e. The van der Waals surface area contributed by atoms with E-state index in [2.05, 4.69) is 4.74 Å². The second-order valence-corrected chi connectivity index (χ2v) is 7.57. The van der Waals surface area contributed by atoms with Crippen molar-refractivity contribution in [1.82, 2.24) is 0 Å². The van der Waals surface area contributed by atoms with Gasteiger partial charge in [0.25, 0.3) is 6.10 Å². The molecule has 0 fully saturated rings.